The molecule has 0 radical (unpaired) electrons. The van der Waals surface area contributed by atoms with E-state index in [-0.39, 0.29) is 5.54 Å². The summed E-state index contributed by atoms with van der Waals surface area (Å²) in [6.45, 7) is 2.11. The van der Waals surface area contributed by atoms with Crippen LogP contribution in [0.4, 0.5) is 0 Å². The molecular weight excluding hydrogens is 278 g/mol. The summed E-state index contributed by atoms with van der Waals surface area (Å²) >= 11 is 3.62. The van der Waals surface area contributed by atoms with Crippen molar-refractivity contribution in [1.82, 2.24) is 0 Å². The van der Waals surface area contributed by atoms with E-state index in [1.807, 2.05) is 0 Å². The topological polar surface area (TPSA) is 35.2 Å². The molecule has 2 fully saturated rings. The standard InChI is InChI=1S/C14H18BrNO/c1-9-7-11(14(16)5-2-6-14)13(12(15)8-9)17-10-3-4-10/h7-8,10H,2-6,16H2,1H3. The molecule has 92 valence electrons. The Morgan fingerprint density at radius 3 is 2.59 bits per heavy atom. The van der Waals surface area contributed by atoms with E-state index in [2.05, 4.69) is 35.0 Å². The maximum absolute atomic E-state index is 6.46. The molecule has 2 aliphatic rings. The zero-order valence-corrected chi connectivity index (χ0v) is 11.7. The molecule has 1 aromatic carbocycles. The first-order chi connectivity index (χ1) is 8.08. The first-order valence-corrected chi connectivity index (χ1v) is 7.14. The van der Waals surface area contributed by atoms with E-state index in [4.69, 9.17) is 10.5 Å². The van der Waals surface area contributed by atoms with E-state index < -0.39 is 0 Å². The Bertz CT molecular complexity index is 450. The lowest BCUT2D eigenvalue weighted by molar-refractivity contribution is 0.231. The number of rotatable bonds is 3. The van der Waals surface area contributed by atoms with E-state index in [0.717, 1.165) is 23.1 Å². The van der Waals surface area contributed by atoms with E-state index in [1.54, 1.807) is 0 Å². The van der Waals surface area contributed by atoms with Crippen LogP contribution in [0.25, 0.3) is 0 Å². The molecule has 0 spiro atoms. The number of nitrogens with two attached hydrogens (primary N) is 1. The summed E-state index contributed by atoms with van der Waals surface area (Å²) < 4.78 is 7.09. The van der Waals surface area contributed by atoms with E-state index >= 15 is 0 Å². The quantitative estimate of drug-likeness (QED) is 0.924. The highest BCUT2D eigenvalue weighted by Crippen LogP contribution is 2.47. The fourth-order valence-electron chi connectivity index (χ4n) is 2.40. The predicted molar refractivity (Wildman–Crippen MR) is 72.2 cm³/mol. The molecule has 0 bridgehead atoms. The van der Waals surface area contributed by atoms with Gasteiger partial charge in [-0.05, 0) is 66.6 Å². The maximum Gasteiger partial charge on any atom is 0.138 e. The van der Waals surface area contributed by atoms with E-state index in [1.165, 1.54) is 30.4 Å². The van der Waals surface area contributed by atoms with Crippen molar-refractivity contribution in [3.63, 3.8) is 0 Å². The van der Waals surface area contributed by atoms with Crippen LogP contribution in [-0.4, -0.2) is 6.10 Å². The van der Waals surface area contributed by atoms with Gasteiger partial charge in [-0.15, -0.1) is 0 Å². The summed E-state index contributed by atoms with van der Waals surface area (Å²) in [5.41, 5.74) is 8.74. The summed E-state index contributed by atoms with van der Waals surface area (Å²) in [5.74, 6) is 0.986. The maximum atomic E-state index is 6.46. The first kappa shape index (κ1) is 11.5. The Labute approximate surface area is 111 Å². The molecule has 0 saturated heterocycles. The normalized spacial score (nSPS) is 22.1. The van der Waals surface area contributed by atoms with Gasteiger partial charge in [0.1, 0.15) is 5.75 Å². The van der Waals surface area contributed by atoms with Gasteiger partial charge in [-0.3, -0.25) is 0 Å². The lowest BCUT2D eigenvalue weighted by Gasteiger charge is -2.40. The van der Waals surface area contributed by atoms with Gasteiger partial charge >= 0.3 is 0 Å². The van der Waals surface area contributed by atoms with Gasteiger partial charge in [-0.1, -0.05) is 6.07 Å². The Hall–Kier alpha value is -0.540. The Kier molecular flexibility index (Phi) is 2.71. The molecule has 3 rings (SSSR count). The average Bonchev–Trinajstić information content (AvgIpc) is 3.02. The van der Waals surface area contributed by atoms with Gasteiger partial charge in [0.15, 0.2) is 0 Å². The van der Waals surface area contributed by atoms with Crippen LogP contribution < -0.4 is 10.5 Å². The van der Waals surface area contributed by atoms with Gasteiger partial charge in [0.2, 0.25) is 0 Å². The highest BCUT2D eigenvalue weighted by Gasteiger charge is 2.38. The monoisotopic (exact) mass is 295 g/mol. The molecule has 2 nitrogen and oxygen atoms in total. The van der Waals surface area contributed by atoms with Crippen molar-refractivity contribution in [2.24, 2.45) is 5.73 Å². The lowest BCUT2D eigenvalue weighted by atomic mass is 9.72. The molecule has 0 atom stereocenters. The van der Waals surface area contributed by atoms with Gasteiger partial charge in [-0.25, -0.2) is 0 Å². The molecule has 17 heavy (non-hydrogen) atoms. The fraction of sp³-hybridized carbons (Fsp3) is 0.571. The molecule has 0 heterocycles. The molecule has 1 aromatic rings. The molecule has 0 amide bonds. The zero-order chi connectivity index (χ0) is 12.0. The van der Waals surface area contributed by atoms with Gasteiger partial charge in [0.25, 0.3) is 0 Å². The van der Waals surface area contributed by atoms with Gasteiger partial charge < -0.3 is 10.5 Å². The second-order valence-corrected chi connectivity index (χ2v) is 6.30. The summed E-state index contributed by atoms with van der Waals surface area (Å²) in [7, 11) is 0. The summed E-state index contributed by atoms with van der Waals surface area (Å²) in [6, 6.07) is 4.31. The van der Waals surface area contributed by atoms with Crippen LogP contribution in [0.3, 0.4) is 0 Å². The van der Waals surface area contributed by atoms with Crippen molar-refractivity contribution < 1.29 is 4.74 Å². The third-order valence-corrected chi connectivity index (χ3v) is 4.37. The van der Waals surface area contributed by atoms with Crippen molar-refractivity contribution in [1.29, 1.82) is 0 Å². The predicted octanol–water partition coefficient (Wildman–Crippen LogP) is 3.64. The summed E-state index contributed by atoms with van der Waals surface area (Å²) in [6.07, 6.45) is 6.14. The van der Waals surface area contributed by atoms with Crippen LogP contribution in [0.1, 0.15) is 43.2 Å². The number of aryl methyl sites for hydroxylation is 1. The molecule has 0 unspecified atom stereocenters. The first-order valence-electron chi connectivity index (χ1n) is 6.35. The van der Waals surface area contributed by atoms with E-state index in [0.29, 0.717) is 6.10 Å². The highest BCUT2D eigenvalue weighted by atomic mass is 79.9. The third-order valence-electron chi connectivity index (χ3n) is 3.78. The minimum absolute atomic E-state index is 0.154. The molecule has 3 heteroatoms. The Morgan fingerprint density at radius 1 is 1.35 bits per heavy atom. The van der Waals surface area contributed by atoms with Crippen molar-refractivity contribution >= 4 is 15.9 Å². The van der Waals surface area contributed by atoms with Gasteiger partial charge in [-0.2, -0.15) is 0 Å². The largest absolute Gasteiger partial charge is 0.489 e. The zero-order valence-electron chi connectivity index (χ0n) is 10.1. The molecule has 2 saturated carbocycles. The molecular formula is C14H18BrNO. The van der Waals surface area contributed by atoms with Crippen molar-refractivity contribution in [3.05, 3.63) is 27.7 Å². The summed E-state index contributed by atoms with van der Waals surface area (Å²) in [4.78, 5) is 0. The molecule has 0 aliphatic heterocycles. The van der Waals surface area contributed by atoms with Gasteiger partial charge in [0.05, 0.1) is 10.6 Å². The lowest BCUT2D eigenvalue weighted by Crippen LogP contribution is -2.43. The Morgan fingerprint density at radius 2 is 2.06 bits per heavy atom. The van der Waals surface area contributed by atoms with Crippen LogP contribution in [0.5, 0.6) is 5.75 Å². The Balaban J connectivity index is 2.03. The molecule has 0 aromatic heterocycles. The van der Waals surface area contributed by atoms with Crippen molar-refractivity contribution in [2.45, 2.75) is 50.7 Å². The van der Waals surface area contributed by atoms with Crippen LogP contribution in [0.15, 0.2) is 16.6 Å². The van der Waals surface area contributed by atoms with Crippen LogP contribution in [0, 0.1) is 6.92 Å². The fourth-order valence-corrected chi connectivity index (χ4v) is 3.07. The van der Waals surface area contributed by atoms with Crippen LogP contribution >= 0.6 is 15.9 Å². The minimum Gasteiger partial charge on any atom is -0.489 e. The molecule has 2 aliphatic carbocycles. The van der Waals surface area contributed by atoms with Crippen LogP contribution in [0.2, 0.25) is 0 Å². The van der Waals surface area contributed by atoms with E-state index in [9.17, 15) is 0 Å². The second kappa shape index (κ2) is 3.99. The van der Waals surface area contributed by atoms with Crippen molar-refractivity contribution in [3.8, 4) is 5.75 Å². The minimum atomic E-state index is -0.154. The van der Waals surface area contributed by atoms with Crippen LogP contribution in [-0.2, 0) is 5.54 Å². The van der Waals surface area contributed by atoms with Gasteiger partial charge in [0, 0.05) is 11.1 Å². The second-order valence-electron chi connectivity index (χ2n) is 5.45. The number of benzene rings is 1. The molecule has 2 N–H and O–H groups in total. The average molecular weight is 296 g/mol. The SMILES string of the molecule is Cc1cc(Br)c(OC2CC2)c(C2(N)CCC2)c1. The van der Waals surface area contributed by atoms with Crippen molar-refractivity contribution in [2.75, 3.05) is 0 Å². The number of hydrogen-bond acceptors (Lipinski definition) is 2. The summed E-state index contributed by atoms with van der Waals surface area (Å²) in [5, 5.41) is 0. The third kappa shape index (κ3) is 2.11. The highest BCUT2D eigenvalue weighted by molar-refractivity contribution is 9.10. The number of hydrogen-bond donors (Lipinski definition) is 1. The smallest absolute Gasteiger partial charge is 0.138 e. The number of ether oxygens (including phenoxy) is 1. The number of halogens is 1.